The molecule has 0 bridgehead atoms. The lowest BCUT2D eigenvalue weighted by molar-refractivity contribution is 0.154. The van der Waals surface area contributed by atoms with Gasteiger partial charge in [-0.25, -0.2) is 5.90 Å². The van der Waals surface area contributed by atoms with Crippen molar-refractivity contribution in [1.29, 1.82) is 0 Å². The summed E-state index contributed by atoms with van der Waals surface area (Å²) in [5.41, 5.74) is 0. The van der Waals surface area contributed by atoms with E-state index in [4.69, 9.17) is 10.7 Å². The van der Waals surface area contributed by atoms with Crippen LogP contribution >= 0.6 is 7.26 Å². The van der Waals surface area contributed by atoms with Gasteiger partial charge in [-0.05, 0) is 36.4 Å². The van der Waals surface area contributed by atoms with Gasteiger partial charge in [0.25, 0.3) is 0 Å². The van der Waals surface area contributed by atoms with Gasteiger partial charge in [-0.3, -0.25) is 0 Å². The fourth-order valence-corrected chi connectivity index (χ4v) is 7.16. The van der Waals surface area contributed by atoms with Gasteiger partial charge in [0.2, 0.25) is 0 Å². The summed E-state index contributed by atoms with van der Waals surface area (Å²) >= 11 is 0. The van der Waals surface area contributed by atoms with E-state index in [0.717, 1.165) is 6.16 Å². The molecule has 0 aliphatic carbocycles. The summed E-state index contributed by atoms with van der Waals surface area (Å²) in [6.07, 6.45) is 0.890. The highest BCUT2D eigenvalue weighted by Gasteiger charge is 2.44. The Hall–Kier alpha value is -1.99. The third-order valence-electron chi connectivity index (χ3n) is 4.14. The average molecular weight is 322 g/mol. The number of benzene rings is 3. The number of rotatable bonds is 6. The Morgan fingerprint density at radius 1 is 0.609 bits per heavy atom. The summed E-state index contributed by atoms with van der Waals surface area (Å²) in [7, 11) is -1.77. The molecule has 0 unspecified atom stereocenters. The molecule has 0 amide bonds. The molecular weight excluding hydrogens is 301 g/mol. The molecule has 0 aliphatic rings. The molecule has 0 spiro atoms. The van der Waals surface area contributed by atoms with E-state index in [-0.39, 0.29) is 0 Å². The molecular formula is C20H21NOP+. The molecule has 0 atom stereocenters. The van der Waals surface area contributed by atoms with Crippen molar-refractivity contribution in [3.05, 3.63) is 91.0 Å². The molecule has 0 saturated carbocycles. The Labute approximate surface area is 138 Å². The van der Waals surface area contributed by atoms with Crippen molar-refractivity contribution in [3.8, 4) is 0 Å². The van der Waals surface area contributed by atoms with Gasteiger partial charge in [-0.1, -0.05) is 54.6 Å². The van der Waals surface area contributed by atoms with Crippen LogP contribution in [0.2, 0.25) is 0 Å². The zero-order valence-electron chi connectivity index (χ0n) is 13.0. The van der Waals surface area contributed by atoms with Crippen molar-refractivity contribution in [2.45, 2.75) is 0 Å². The SMILES string of the molecule is NOCC[P+](c1ccccc1)(c1ccccc1)c1ccccc1. The first-order chi connectivity index (χ1) is 11.4. The second-order valence-electron chi connectivity index (χ2n) is 5.41. The summed E-state index contributed by atoms with van der Waals surface area (Å²) in [4.78, 5) is 4.99. The molecule has 3 aromatic carbocycles. The van der Waals surface area contributed by atoms with E-state index in [9.17, 15) is 0 Å². The quantitative estimate of drug-likeness (QED) is 0.559. The predicted molar refractivity (Wildman–Crippen MR) is 100 cm³/mol. The number of hydrogen-bond donors (Lipinski definition) is 1. The van der Waals surface area contributed by atoms with Crippen molar-refractivity contribution < 1.29 is 4.84 Å². The lowest BCUT2D eigenvalue weighted by Crippen LogP contribution is -2.35. The summed E-state index contributed by atoms with van der Waals surface area (Å²) < 4.78 is 0. The van der Waals surface area contributed by atoms with E-state index in [1.165, 1.54) is 15.9 Å². The second-order valence-corrected chi connectivity index (χ2v) is 9.03. The Bertz CT molecular complexity index is 620. The molecule has 116 valence electrons. The van der Waals surface area contributed by atoms with Gasteiger partial charge in [0.1, 0.15) is 29.8 Å². The van der Waals surface area contributed by atoms with Crippen molar-refractivity contribution in [2.24, 2.45) is 5.90 Å². The van der Waals surface area contributed by atoms with Crippen molar-refractivity contribution in [1.82, 2.24) is 0 Å². The largest absolute Gasteiger partial charge is 0.301 e. The molecule has 2 N–H and O–H groups in total. The first kappa shape index (κ1) is 15.9. The molecule has 3 heteroatoms. The van der Waals surface area contributed by atoms with Crippen LogP contribution in [0.25, 0.3) is 0 Å². The van der Waals surface area contributed by atoms with Crippen LogP contribution in [-0.4, -0.2) is 12.8 Å². The van der Waals surface area contributed by atoms with Gasteiger partial charge in [-0.15, -0.1) is 0 Å². The molecule has 23 heavy (non-hydrogen) atoms. The van der Waals surface area contributed by atoms with Crippen LogP contribution in [0.5, 0.6) is 0 Å². The van der Waals surface area contributed by atoms with Gasteiger partial charge in [0, 0.05) is 0 Å². The standard InChI is InChI=1S/C20H21NOP/c21-22-16-17-23(18-10-4-1-5-11-18,19-12-6-2-7-13-19)20-14-8-3-9-15-20/h1-15H,16-17,21H2/q+1. The van der Waals surface area contributed by atoms with Gasteiger partial charge < -0.3 is 4.84 Å². The molecule has 0 aromatic heterocycles. The number of nitrogens with two attached hydrogens (primary N) is 1. The predicted octanol–water partition coefficient (Wildman–Crippen LogP) is 2.87. The van der Waals surface area contributed by atoms with Crippen LogP contribution in [-0.2, 0) is 4.84 Å². The fourth-order valence-electron chi connectivity index (χ4n) is 3.07. The molecule has 0 fully saturated rings. The van der Waals surface area contributed by atoms with E-state index in [0.29, 0.717) is 6.61 Å². The van der Waals surface area contributed by atoms with E-state index >= 15 is 0 Å². The molecule has 3 rings (SSSR count). The highest BCUT2D eigenvalue weighted by Crippen LogP contribution is 2.54. The Morgan fingerprint density at radius 2 is 0.957 bits per heavy atom. The minimum absolute atomic E-state index is 0.534. The smallest absolute Gasteiger partial charge is 0.114 e. The van der Waals surface area contributed by atoms with Crippen molar-refractivity contribution >= 4 is 23.2 Å². The first-order valence-electron chi connectivity index (χ1n) is 7.74. The maximum Gasteiger partial charge on any atom is 0.114 e. The van der Waals surface area contributed by atoms with Crippen LogP contribution in [0.3, 0.4) is 0 Å². The first-order valence-corrected chi connectivity index (χ1v) is 9.72. The molecule has 3 aromatic rings. The normalized spacial score (nSPS) is 11.3. The summed E-state index contributed by atoms with van der Waals surface area (Å²) in [6, 6.07) is 32.2. The Morgan fingerprint density at radius 3 is 1.26 bits per heavy atom. The van der Waals surface area contributed by atoms with Crippen LogP contribution in [0.1, 0.15) is 0 Å². The van der Waals surface area contributed by atoms with Crippen LogP contribution in [0.4, 0.5) is 0 Å². The lowest BCUT2D eigenvalue weighted by Gasteiger charge is -2.27. The minimum atomic E-state index is -1.77. The Balaban J connectivity index is 2.25. The van der Waals surface area contributed by atoms with Gasteiger partial charge in [0.05, 0.1) is 6.16 Å². The Kier molecular flexibility index (Phi) is 5.19. The summed E-state index contributed by atoms with van der Waals surface area (Å²) in [5.74, 6) is 5.39. The topological polar surface area (TPSA) is 35.2 Å². The third-order valence-corrected chi connectivity index (χ3v) is 8.53. The van der Waals surface area contributed by atoms with Crippen molar-refractivity contribution in [2.75, 3.05) is 12.8 Å². The van der Waals surface area contributed by atoms with E-state index < -0.39 is 7.26 Å². The van der Waals surface area contributed by atoms with Crippen LogP contribution < -0.4 is 21.8 Å². The van der Waals surface area contributed by atoms with E-state index in [1.54, 1.807) is 0 Å². The fraction of sp³-hybridized carbons (Fsp3) is 0.100. The van der Waals surface area contributed by atoms with E-state index in [1.807, 2.05) is 0 Å². The summed E-state index contributed by atoms with van der Waals surface area (Å²) in [5, 5.41) is 4.07. The zero-order valence-corrected chi connectivity index (χ0v) is 13.9. The molecule has 0 heterocycles. The van der Waals surface area contributed by atoms with Gasteiger partial charge >= 0.3 is 0 Å². The molecule has 0 saturated heterocycles. The highest BCUT2D eigenvalue weighted by molar-refractivity contribution is 7.95. The maximum absolute atomic E-state index is 5.39. The van der Waals surface area contributed by atoms with Gasteiger partial charge in [-0.2, -0.15) is 0 Å². The lowest BCUT2D eigenvalue weighted by atomic mass is 10.4. The maximum atomic E-state index is 5.39. The molecule has 0 radical (unpaired) electrons. The van der Waals surface area contributed by atoms with Crippen molar-refractivity contribution in [3.63, 3.8) is 0 Å². The molecule has 2 nitrogen and oxygen atoms in total. The van der Waals surface area contributed by atoms with Crippen LogP contribution in [0.15, 0.2) is 91.0 Å². The van der Waals surface area contributed by atoms with Gasteiger partial charge in [0.15, 0.2) is 0 Å². The monoisotopic (exact) mass is 322 g/mol. The number of hydrogen-bond acceptors (Lipinski definition) is 2. The van der Waals surface area contributed by atoms with Crippen LogP contribution in [0, 0.1) is 0 Å². The molecule has 0 aliphatic heterocycles. The van der Waals surface area contributed by atoms with E-state index in [2.05, 4.69) is 91.0 Å². The average Bonchev–Trinajstić information content (AvgIpc) is 2.65. The minimum Gasteiger partial charge on any atom is -0.301 e. The second kappa shape index (κ2) is 7.52. The summed E-state index contributed by atoms with van der Waals surface area (Å²) in [6.45, 7) is 0.534. The highest BCUT2D eigenvalue weighted by atomic mass is 31.2. The zero-order chi connectivity index (χ0) is 16.0. The third kappa shape index (κ3) is 3.20.